The molecule has 1 aliphatic heterocycles. The van der Waals surface area contributed by atoms with E-state index in [1.807, 2.05) is 13.1 Å². The van der Waals surface area contributed by atoms with Crippen molar-refractivity contribution in [2.24, 2.45) is 0 Å². The first-order valence-electron chi connectivity index (χ1n) is 8.07. The Morgan fingerprint density at radius 3 is 2.91 bits per heavy atom. The molecule has 3 heterocycles. The Kier molecular flexibility index (Phi) is 4.40. The van der Waals surface area contributed by atoms with Crippen molar-refractivity contribution >= 4 is 5.78 Å². The molecule has 1 aliphatic rings. The summed E-state index contributed by atoms with van der Waals surface area (Å²) in [6.07, 6.45) is 2.03. The molecule has 1 saturated heterocycles. The molecular formula is C17H26N4O2. The monoisotopic (exact) mass is 318 g/mol. The Morgan fingerprint density at radius 1 is 1.39 bits per heavy atom. The average molecular weight is 318 g/mol. The van der Waals surface area contributed by atoms with E-state index in [1.165, 1.54) is 11.4 Å². The smallest absolute Gasteiger partial charge is 0.234 e. The third-order valence-corrected chi connectivity index (χ3v) is 4.15. The van der Waals surface area contributed by atoms with E-state index in [1.54, 1.807) is 7.11 Å². The van der Waals surface area contributed by atoms with Crippen LogP contribution in [-0.4, -0.2) is 57.8 Å². The highest BCUT2D eigenvalue weighted by Crippen LogP contribution is 2.23. The van der Waals surface area contributed by atoms with Gasteiger partial charge >= 0.3 is 0 Å². The summed E-state index contributed by atoms with van der Waals surface area (Å²) in [4.78, 5) is 11.4. The Hall–Kier alpha value is -1.50. The number of fused-ring (bicyclic) bond motifs is 1. The van der Waals surface area contributed by atoms with Crippen molar-refractivity contribution in [2.45, 2.75) is 45.9 Å². The van der Waals surface area contributed by atoms with Crippen LogP contribution in [0.1, 0.15) is 30.9 Å². The first-order chi connectivity index (χ1) is 10.9. The number of morpholine rings is 1. The Bertz CT molecular complexity index is 695. The highest BCUT2D eigenvalue weighted by Gasteiger charge is 2.33. The number of hydrogen-bond acceptors (Lipinski definition) is 5. The normalized spacial score (nSPS) is 21.9. The van der Waals surface area contributed by atoms with Gasteiger partial charge in [0.05, 0.1) is 30.2 Å². The minimum atomic E-state index is -0.175. The van der Waals surface area contributed by atoms with Crippen molar-refractivity contribution in [3.8, 4) is 0 Å². The fraction of sp³-hybridized carbons (Fsp3) is 0.647. The Labute approximate surface area is 137 Å². The van der Waals surface area contributed by atoms with Crippen LogP contribution in [0.2, 0.25) is 0 Å². The summed E-state index contributed by atoms with van der Waals surface area (Å²) in [7, 11) is 1.72. The number of methoxy groups -OCH3 is 1. The lowest BCUT2D eigenvalue weighted by atomic mass is 10.1. The van der Waals surface area contributed by atoms with Gasteiger partial charge < -0.3 is 9.47 Å². The summed E-state index contributed by atoms with van der Waals surface area (Å²) >= 11 is 0. The molecular weight excluding hydrogens is 292 g/mol. The van der Waals surface area contributed by atoms with Crippen molar-refractivity contribution < 1.29 is 9.47 Å². The van der Waals surface area contributed by atoms with E-state index in [9.17, 15) is 0 Å². The van der Waals surface area contributed by atoms with Gasteiger partial charge in [-0.2, -0.15) is 0 Å². The highest BCUT2D eigenvalue weighted by atomic mass is 16.5. The molecule has 0 unspecified atom stereocenters. The van der Waals surface area contributed by atoms with Gasteiger partial charge in [-0.25, -0.2) is 9.97 Å². The van der Waals surface area contributed by atoms with Gasteiger partial charge in [0.2, 0.25) is 5.78 Å². The molecule has 23 heavy (non-hydrogen) atoms. The number of imidazole rings is 1. The van der Waals surface area contributed by atoms with Crippen molar-refractivity contribution in [2.75, 3.05) is 26.8 Å². The molecule has 2 aromatic heterocycles. The van der Waals surface area contributed by atoms with Crippen LogP contribution < -0.4 is 0 Å². The molecule has 6 nitrogen and oxygen atoms in total. The second kappa shape index (κ2) is 6.19. The number of aryl methyl sites for hydroxylation is 2. The van der Waals surface area contributed by atoms with Crippen LogP contribution in [0, 0.1) is 13.8 Å². The van der Waals surface area contributed by atoms with Crippen LogP contribution in [0.4, 0.5) is 0 Å². The van der Waals surface area contributed by atoms with Crippen LogP contribution >= 0.6 is 0 Å². The first-order valence-corrected chi connectivity index (χ1v) is 8.07. The van der Waals surface area contributed by atoms with Gasteiger partial charge in [-0.3, -0.25) is 9.30 Å². The molecule has 0 bridgehead atoms. The van der Waals surface area contributed by atoms with Crippen LogP contribution in [0.25, 0.3) is 5.78 Å². The van der Waals surface area contributed by atoms with E-state index in [4.69, 9.17) is 9.47 Å². The van der Waals surface area contributed by atoms with E-state index in [2.05, 4.69) is 46.1 Å². The maximum atomic E-state index is 6.09. The zero-order chi connectivity index (χ0) is 16.6. The molecule has 126 valence electrons. The topological polar surface area (TPSA) is 51.9 Å². The minimum absolute atomic E-state index is 0.101. The third-order valence-electron chi connectivity index (χ3n) is 4.15. The van der Waals surface area contributed by atoms with E-state index < -0.39 is 0 Å². The van der Waals surface area contributed by atoms with Crippen LogP contribution in [0.15, 0.2) is 12.3 Å². The summed E-state index contributed by atoms with van der Waals surface area (Å²) in [5.41, 5.74) is 3.16. The number of rotatable bonds is 4. The summed E-state index contributed by atoms with van der Waals surface area (Å²) in [5.74, 6) is 0.776. The second-order valence-corrected chi connectivity index (χ2v) is 7.05. The third kappa shape index (κ3) is 3.54. The standard InChI is InChI=1S/C17H26N4O2/c1-12-6-13(2)21-14(7-18-16(21)19-12)8-20-9-15(10-22-5)23-17(3,4)11-20/h6-7,15H,8-11H2,1-5H3/t15-/m1/s1. The summed E-state index contributed by atoms with van der Waals surface area (Å²) in [5, 5.41) is 0. The average Bonchev–Trinajstić information content (AvgIpc) is 2.80. The molecule has 0 radical (unpaired) electrons. The molecule has 0 aromatic carbocycles. The molecule has 0 spiro atoms. The van der Waals surface area contributed by atoms with Gasteiger partial charge in [0.25, 0.3) is 0 Å². The van der Waals surface area contributed by atoms with Gasteiger partial charge in [0.1, 0.15) is 0 Å². The van der Waals surface area contributed by atoms with Gasteiger partial charge in [0, 0.05) is 38.1 Å². The molecule has 3 rings (SSSR count). The van der Waals surface area contributed by atoms with Crippen molar-refractivity contribution in [1.82, 2.24) is 19.3 Å². The largest absolute Gasteiger partial charge is 0.382 e. The quantitative estimate of drug-likeness (QED) is 0.863. The van der Waals surface area contributed by atoms with E-state index in [0.717, 1.165) is 31.1 Å². The lowest BCUT2D eigenvalue weighted by molar-refractivity contribution is -0.154. The number of aromatic nitrogens is 3. The Morgan fingerprint density at radius 2 is 2.17 bits per heavy atom. The summed E-state index contributed by atoms with van der Waals surface area (Å²) in [6.45, 7) is 11.6. The maximum Gasteiger partial charge on any atom is 0.234 e. The lowest BCUT2D eigenvalue weighted by Crippen LogP contribution is -2.53. The molecule has 1 atom stereocenters. The van der Waals surface area contributed by atoms with E-state index in [0.29, 0.717) is 6.61 Å². The van der Waals surface area contributed by atoms with Crippen molar-refractivity contribution in [3.05, 3.63) is 29.3 Å². The van der Waals surface area contributed by atoms with Gasteiger partial charge in [-0.1, -0.05) is 0 Å². The molecule has 6 heteroatoms. The fourth-order valence-corrected chi connectivity index (χ4v) is 3.55. The first kappa shape index (κ1) is 16.4. The van der Waals surface area contributed by atoms with Crippen LogP contribution in [-0.2, 0) is 16.0 Å². The van der Waals surface area contributed by atoms with Gasteiger partial charge in [0.15, 0.2) is 0 Å². The minimum Gasteiger partial charge on any atom is -0.382 e. The van der Waals surface area contributed by atoms with Crippen LogP contribution in [0.5, 0.6) is 0 Å². The highest BCUT2D eigenvalue weighted by molar-refractivity contribution is 5.35. The fourth-order valence-electron chi connectivity index (χ4n) is 3.55. The van der Waals surface area contributed by atoms with E-state index >= 15 is 0 Å². The number of hydrogen-bond donors (Lipinski definition) is 0. The molecule has 0 amide bonds. The lowest BCUT2D eigenvalue weighted by Gasteiger charge is -2.42. The van der Waals surface area contributed by atoms with Crippen molar-refractivity contribution in [1.29, 1.82) is 0 Å². The van der Waals surface area contributed by atoms with Gasteiger partial charge in [-0.05, 0) is 33.8 Å². The molecule has 1 fully saturated rings. The summed E-state index contributed by atoms with van der Waals surface area (Å²) in [6, 6.07) is 2.09. The number of ether oxygens (including phenoxy) is 2. The predicted octanol–water partition coefficient (Wildman–Crippen LogP) is 1.97. The predicted molar refractivity (Wildman–Crippen MR) is 88.6 cm³/mol. The zero-order valence-electron chi connectivity index (χ0n) is 14.7. The van der Waals surface area contributed by atoms with Gasteiger partial charge in [-0.15, -0.1) is 0 Å². The maximum absolute atomic E-state index is 6.09. The molecule has 0 saturated carbocycles. The summed E-state index contributed by atoms with van der Waals surface area (Å²) < 4.78 is 13.5. The molecule has 2 aromatic rings. The number of nitrogens with zero attached hydrogens (tertiary/aromatic N) is 4. The second-order valence-electron chi connectivity index (χ2n) is 7.05. The molecule has 0 N–H and O–H groups in total. The zero-order valence-corrected chi connectivity index (χ0v) is 14.7. The van der Waals surface area contributed by atoms with E-state index in [-0.39, 0.29) is 11.7 Å². The van der Waals surface area contributed by atoms with Crippen molar-refractivity contribution in [3.63, 3.8) is 0 Å². The Balaban J connectivity index is 1.83. The SMILES string of the molecule is COC[C@H]1CN(Cc2cnc3nc(C)cc(C)n23)CC(C)(C)O1. The molecule has 0 aliphatic carbocycles. The van der Waals surface area contributed by atoms with Crippen LogP contribution in [0.3, 0.4) is 0 Å².